The van der Waals surface area contributed by atoms with Crippen molar-refractivity contribution in [1.29, 1.82) is 0 Å². The smallest absolute Gasteiger partial charge is 0.264 e. The molecular formula is C28H31FN2O5S. The van der Waals surface area contributed by atoms with Gasteiger partial charge in [0.15, 0.2) is 6.10 Å². The first kappa shape index (κ1) is 26.5. The maximum absolute atomic E-state index is 13.7. The lowest BCUT2D eigenvalue weighted by Gasteiger charge is -2.36. The zero-order valence-electron chi connectivity index (χ0n) is 21.3. The summed E-state index contributed by atoms with van der Waals surface area (Å²) in [7, 11) is -3.97. The number of halogens is 1. The molecule has 3 aromatic rings. The lowest BCUT2D eigenvalue weighted by Crippen LogP contribution is -2.51. The summed E-state index contributed by atoms with van der Waals surface area (Å²) in [5.41, 5.74) is 2.07. The maximum atomic E-state index is 13.7. The Morgan fingerprint density at radius 2 is 1.76 bits per heavy atom. The Hall–Kier alpha value is -3.59. The number of ether oxygens (including phenoxy) is 2. The molecule has 0 spiro atoms. The molecule has 0 aliphatic carbocycles. The van der Waals surface area contributed by atoms with Crippen molar-refractivity contribution in [1.82, 2.24) is 5.32 Å². The molecule has 1 amide bonds. The minimum absolute atomic E-state index is 0.138. The molecule has 4 rings (SSSR count). The Bertz CT molecular complexity index is 1370. The molecule has 9 heteroatoms. The molecule has 0 aromatic heterocycles. The number of sulfonamides is 1. The molecule has 7 nitrogen and oxygen atoms in total. The van der Waals surface area contributed by atoms with Gasteiger partial charge < -0.3 is 14.8 Å². The second-order valence-corrected chi connectivity index (χ2v) is 11.8. The SMILES string of the molecule is Cc1ccc(S(=O)(=O)N2CC(C(=O)NCCOc3ccc(F)cc3)Oc3ccc(C(C)(C)C)cc32)cc1. The quantitative estimate of drug-likeness (QED) is 0.456. The third-order valence-electron chi connectivity index (χ3n) is 6.08. The van der Waals surface area contributed by atoms with Gasteiger partial charge >= 0.3 is 0 Å². The lowest BCUT2D eigenvalue weighted by atomic mass is 9.86. The fourth-order valence-electron chi connectivity index (χ4n) is 3.91. The molecular weight excluding hydrogens is 495 g/mol. The Labute approximate surface area is 217 Å². The van der Waals surface area contributed by atoms with Gasteiger partial charge in [-0.15, -0.1) is 0 Å². The standard InChI is InChI=1S/C28H31FN2O5S/c1-19-5-12-23(13-6-19)37(33,34)31-18-26(36-25-14-7-20(17-24(25)31)28(2,3)4)27(32)30-15-16-35-22-10-8-21(29)9-11-22/h5-14,17,26H,15-16,18H2,1-4H3,(H,30,32). The molecule has 1 N–H and O–H groups in total. The van der Waals surface area contributed by atoms with E-state index in [0.717, 1.165) is 11.1 Å². The summed E-state index contributed by atoms with van der Waals surface area (Å²) in [6.45, 7) is 8.15. The highest BCUT2D eigenvalue weighted by Crippen LogP contribution is 2.40. The van der Waals surface area contributed by atoms with E-state index in [1.54, 1.807) is 30.3 Å². The largest absolute Gasteiger partial charge is 0.492 e. The number of nitrogens with one attached hydrogen (secondary N) is 1. The van der Waals surface area contributed by atoms with Gasteiger partial charge in [-0.25, -0.2) is 12.8 Å². The molecule has 1 unspecified atom stereocenters. The van der Waals surface area contributed by atoms with Gasteiger partial charge in [0.25, 0.3) is 15.9 Å². The van der Waals surface area contributed by atoms with Crippen LogP contribution < -0.4 is 19.1 Å². The number of carbonyl (C=O) groups excluding carboxylic acids is 1. The van der Waals surface area contributed by atoms with Crippen molar-refractivity contribution < 1.29 is 27.1 Å². The van der Waals surface area contributed by atoms with E-state index < -0.39 is 22.0 Å². The zero-order valence-corrected chi connectivity index (χ0v) is 22.1. The number of nitrogens with zero attached hydrogens (tertiary/aromatic N) is 1. The predicted molar refractivity (Wildman–Crippen MR) is 140 cm³/mol. The number of anilines is 1. The number of carbonyl (C=O) groups is 1. The summed E-state index contributed by atoms with van der Waals surface area (Å²) >= 11 is 0. The van der Waals surface area contributed by atoms with E-state index in [9.17, 15) is 17.6 Å². The summed E-state index contributed by atoms with van der Waals surface area (Å²) in [5.74, 6) is -0.0336. The Morgan fingerprint density at radius 3 is 2.41 bits per heavy atom. The van der Waals surface area contributed by atoms with E-state index in [0.29, 0.717) is 17.2 Å². The fraction of sp³-hybridized carbons (Fsp3) is 0.321. The van der Waals surface area contributed by atoms with Gasteiger partial charge in [-0.3, -0.25) is 9.10 Å². The predicted octanol–water partition coefficient (Wildman–Crippen LogP) is 4.58. The summed E-state index contributed by atoms with van der Waals surface area (Å²) in [4.78, 5) is 13.1. The molecule has 1 heterocycles. The van der Waals surface area contributed by atoms with Gasteiger partial charge in [-0.05, 0) is 66.4 Å². The average molecular weight is 527 g/mol. The second kappa shape index (κ2) is 10.4. The van der Waals surface area contributed by atoms with Crippen molar-refractivity contribution >= 4 is 21.6 Å². The molecule has 1 aliphatic heterocycles. The van der Waals surface area contributed by atoms with Crippen molar-refractivity contribution in [2.45, 2.75) is 44.1 Å². The van der Waals surface area contributed by atoms with Crippen molar-refractivity contribution in [3.05, 3.63) is 83.7 Å². The number of hydrogen-bond acceptors (Lipinski definition) is 5. The Kier molecular flexibility index (Phi) is 7.45. The lowest BCUT2D eigenvalue weighted by molar-refractivity contribution is -0.127. The number of rotatable bonds is 7. The van der Waals surface area contributed by atoms with Crippen LogP contribution in [0.2, 0.25) is 0 Å². The van der Waals surface area contributed by atoms with Crippen LogP contribution in [0, 0.1) is 12.7 Å². The van der Waals surface area contributed by atoms with Crippen molar-refractivity contribution in [3.63, 3.8) is 0 Å². The van der Waals surface area contributed by atoms with Crippen LogP contribution in [0.4, 0.5) is 10.1 Å². The van der Waals surface area contributed by atoms with Gasteiger partial charge in [0.2, 0.25) is 0 Å². The van der Waals surface area contributed by atoms with Crippen LogP contribution in [0.15, 0.2) is 71.6 Å². The summed E-state index contributed by atoms with van der Waals surface area (Å²) in [6, 6.07) is 17.6. The van der Waals surface area contributed by atoms with Crippen LogP contribution in [0.5, 0.6) is 11.5 Å². The number of benzene rings is 3. The summed E-state index contributed by atoms with van der Waals surface area (Å²) in [6.07, 6.45) is -1.06. The van der Waals surface area contributed by atoms with Crippen LogP contribution in [0.1, 0.15) is 31.9 Å². The highest BCUT2D eigenvalue weighted by atomic mass is 32.2. The zero-order chi connectivity index (χ0) is 26.8. The van der Waals surface area contributed by atoms with Gasteiger partial charge in [-0.2, -0.15) is 0 Å². The minimum atomic E-state index is -3.97. The van der Waals surface area contributed by atoms with E-state index in [2.05, 4.69) is 5.32 Å². The van der Waals surface area contributed by atoms with Gasteiger partial charge in [0.05, 0.1) is 23.7 Å². The average Bonchev–Trinajstić information content (AvgIpc) is 2.86. The minimum Gasteiger partial charge on any atom is -0.492 e. The van der Waals surface area contributed by atoms with Crippen molar-refractivity contribution in [3.8, 4) is 11.5 Å². The molecule has 37 heavy (non-hydrogen) atoms. The third kappa shape index (κ3) is 6.05. The number of amides is 1. The molecule has 0 bridgehead atoms. The van der Waals surface area contributed by atoms with Crippen LogP contribution in [-0.4, -0.2) is 40.1 Å². The normalized spacial score (nSPS) is 15.5. The summed E-state index contributed by atoms with van der Waals surface area (Å²) in [5, 5.41) is 2.74. The fourth-order valence-corrected chi connectivity index (χ4v) is 5.37. The van der Waals surface area contributed by atoms with Crippen LogP contribution in [0.3, 0.4) is 0 Å². The van der Waals surface area contributed by atoms with Gasteiger partial charge in [-0.1, -0.05) is 44.5 Å². The first-order valence-corrected chi connectivity index (χ1v) is 13.5. The molecule has 3 aromatic carbocycles. The molecule has 1 atom stereocenters. The topological polar surface area (TPSA) is 84.9 Å². The van der Waals surface area contributed by atoms with Gasteiger partial charge in [0, 0.05) is 0 Å². The maximum Gasteiger partial charge on any atom is 0.264 e. The first-order valence-electron chi connectivity index (χ1n) is 12.0. The number of hydrogen-bond donors (Lipinski definition) is 1. The van der Waals surface area contributed by atoms with E-state index in [1.807, 2.05) is 39.8 Å². The van der Waals surface area contributed by atoms with Crippen LogP contribution in [-0.2, 0) is 20.2 Å². The van der Waals surface area contributed by atoms with E-state index in [1.165, 1.54) is 28.6 Å². The van der Waals surface area contributed by atoms with Crippen molar-refractivity contribution in [2.75, 3.05) is 24.0 Å². The van der Waals surface area contributed by atoms with E-state index in [-0.39, 0.29) is 35.8 Å². The third-order valence-corrected chi connectivity index (χ3v) is 7.87. The van der Waals surface area contributed by atoms with Crippen LogP contribution >= 0.6 is 0 Å². The highest BCUT2D eigenvalue weighted by Gasteiger charge is 2.38. The molecule has 0 fully saturated rings. The molecule has 0 saturated carbocycles. The Morgan fingerprint density at radius 1 is 1.08 bits per heavy atom. The molecule has 1 aliphatic rings. The van der Waals surface area contributed by atoms with E-state index >= 15 is 0 Å². The molecule has 196 valence electrons. The molecule has 0 saturated heterocycles. The summed E-state index contributed by atoms with van der Waals surface area (Å²) < 4.78 is 53.2. The second-order valence-electron chi connectivity index (χ2n) is 9.98. The highest BCUT2D eigenvalue weighted by molar-refractivity contribution is 7.92. The van der Waals surface area contributed by atoms with Gasteiger partial charge in [0.1, 0.15) is 23.9 Å². The first-order chi connectivity index (χ1) is 17.4. The number of fused-ring (bicyclic) bond motifs is 1. The molecule has 0 radical (unpaired) electrons. The van der Waals surface area contributed by atoms with Crippen molar-refractivity contribution in [2.24, 2.45) is 0 Å². The Balaban J connectivity index is 1.55. The van der Waals surface area contributed by atoms with E-state index in [4.69, 9.17) is 9.47 Å². The monoisotopic (exact) mass is 526 g/mol. The number of aryl methyl sites for hydroxylation is 1. The van der Waals surface area contributed by atoms with Crippen LogP contribution in [0.25, 0.3) is 0 Å².